The Morgan fingerprint density at radius 3 is 1.83 bits per heavy atom. The van der Waals surface area contributed by atoms with Gasteiger partial charge in [-0.2, -0.15) is 0 Å². The minimum Gasteiger partial charge on any atom is -0.268 e. The Hall–Kier alpha value is -3.75. The van der Waals surface area contributed by atoms with Gasteiger partial charge < -0.3 is 0 Å². The van der Waals surface area contributed by atoms with Crippen LogP contribution in [-0.2, 0) is 30.1 Å². The van der Waals surface area contributed by atoms with Crippen LogP contribution in [0.1, 0.15) is 10.4 Å². The summed E-state index contributed by atoms with van der Waals surface area (Å²) in [6.07, 6.45) is 0. The number of anilines is 1. The molecule has 0 radical (unpaired) electrons. The van der Waals surface area contributed by atoms with E-state index < -0.39 is 46.4 Å². The third kappa shape index (κ3) is 7.13. The predicted octanol–water partition coefficient (Wildman–Crippen LogP) is 3.63. The van der Waals surface area contributed by atoms with Gasteiger partial charge in [0.2, 0.25) is 10.0 Å². The van der Waals surface area contributed by atoms with Crippen molar-refractivity contribution in [1.82, 2.24) is 9.44 Å². The average molecular weight is 634 g/mol. The van der Waals surface area contributed by atoms with Crippen molar-refractivity contribution in [3.05, 3.63) is 120 Å². The molecule has 0 saturated heterocycles. The van der Waals surface area contributed by atoms with Crippen LogP contribution in [0.15, 0.2) is 124 Å². The number of benzene rings is 4. The molecule has 0 aliphatic heterocycles. The minimum absolute atomic E-state index is 0.0577. The summed E-state index contributed by atoms with van der Waals surface area (Å²) in [6.45, 7) is -0.673. The number of sulfonamides is 3. The molecule has 0 fully saturated rings. The van der Waals surface area contributed by atoms with E-state index in [2.05, 4.69) is 4.72 Å². The Bertz CT molecular complexity index is 1850. The number of nitrogens with zero attached hydrogens (tertiary/aromatic N) is 1. The van der Waals surface area contributed by atoms with E-state index in [0.29, 0.717) is 5.02 Å². The molecule has 0 aliphatic carbocycles. The lowest BCUT2D eigenvalue weighted by atomic mass is 10.2. The van der Waals surface area contributed by atoms with E-state index in [1.165, 1.54) is 84.9 Å². The van der Waals surface area contributed by atoms with Crippen molar-refractivity contribution < 1.29 is 30.0 Å². The first kappa shape index (κ1) is 30.2. The summed E-state index contributed by atoms with van der Waals surface area (Å²) in [5.41, 5.74) is -0.208. The largest absolute Gasteiger partial charge is 0.268 e. The van der Waals surface area contributed by atoms with Crippen molar-refractivity contribution in [1.29, 1.82) is 0 Å². The second-order valence-corrected chi connectivity index (χ2v) is 14.2. The van der Waals surface area contributed by atoms with Gasteiger partial charge in [-0.05, 0) is 60.7 Å². The van der Waals surface area contributed by atoms with Gasteiger partial charge in [-0.25, -0.2) is 34.7 Å². The summed E-state index contributed by atoms with van der Waals surface area (Å²) >= 11 is 5.84. The van der Waals surface area contributed by atoms with Crippen molar-refractivity contribution >= 4 is 53.3 Å². The van der Waals surface area contributed by atoms with Crippen LogP contribution in [0.2, 0.25) is 5.02 Å². The minimum atomic E-state index is -4.51. The number of amides is 1. The van der Waals surface area contributed by atoms with Crippen LogP contribution in [0.4, 0.5) is 5.69 Å². The molecule has 0 bridgehead atoms. The van der Waals surface area contributed by atoms with Crippen molar-refractivity contribution in [3.8, 4) is 0 Å². The lowest BCUT2D eigenvalue weighted by Crippen LogP contribution is -2.40. The highest BCUT2D eigenvalue weighted by Crippen LogP contribution is 2.26. The molecule has 0 atom stereocenters. The van der Waals surface area contributed by atoms with Gasteiger partial charge >= 0.3 is 0 Å². The Labute approximate surface area is 243 Å². The Kier molecular flexibility index (Phi) is 9.14. The summed E-state index contributed by atoms with van der Waals surface area (Å²) in [5, 5.41) is 0.351. The third-order valence-corrected chi connectivity index (χ3v) is 10.7. The van der Waals surface area contributed by atoms with Crippen LogP contribution in [0, 0.1) is 0 Å². The van der Waals surface area contributed by atoms with Gasteiger partial charge in [0.05, 0.1) is 21.0 Å². The maximum atomic E-state index is 14.0. The maximum Gasteiger partial charge on any atom is 0.266 e. The van der Waals surface area contributed by atoms with Gasteiger partial charge in [0.1, 0.15) is 4.90 Å². The van der Waals surface area contributed by atoms with Gasteiger partial charge in [0, 0.05) is 18.1 Å². The van der Waals surface area contributed by atoms with Gasteiger partial charge in [0.15, 0.2) is 0 Å². The summed E-state index contributed by atoms with van der Waals surface area (Å²) in [6, 6.07) is 25.7. The molecule has 4 aromatic carbocycles. The molecule has 0 heterocycles. The molecule has 0 saturated carbocycles. The molecule has 4 aromatic rings. The van der Waals surface area contributed by atoms with Crippen molar-refractivity contribution in [2.24, 2.45) is 0 Å². The molecule has 4 rings (SSSR count). The summed E-state index contributed by atoms with van der Waals surface area (Å²) in [7, 11) is -12.8. The second kappa shape index (κ2) is 12.4. The molecule has 1 amide bonds. The van der Waals surface area contributed by atoms with Crippen molar-refractivity contribution in [3.63, 3.8) is 0 Å². The van der Waals surface area contributed by atoms with Gasteiger partial charge in [-0.15, -0.1) is 0 Å². The average Bonchev–Trinajstić information content (AvgIpc) is 2.96. The van der Waals surface area contributed by atoms with E-state index in [1.807, 2.05) is 4.72 Å². The SMILES string of the molecule is O=C(NS(=O)(=O)c1ccccc1)c1ccccc1S(=O)(=O)N(CCNS(=O)(=O)c1ccc(Cl)cc1)c1ccccc1. The molecule has 2 N–H and O–H groups in total. The smallest absolute Gasteiger partial charge is 0.266 e. The number of nitrogens with one attached hydrogen (secondary N) is 2. The number of para-hydroxylation sites is 1. The van der Waals surface area contributed by atoms with Gasteiger partial charge in [-0.3, -0.25) is 9.10 Å². The molecule has 214 valence electrons. The topological polar surface area (TPSA) is 147 Å². The zero-order valence-electron chi connectivity index (χ0n) is 21.2. The first-order valence-corrected chi connectivity index (χ1v) is 16.7. The summed E-state index contributed by atoms with van der Waals surface area (Å²) in [5.74, 6) is -1.15. The highest BCUT2D eigenvalue weighted by Gasteiger charge is 2.31. The quantitative estimate of drug-likeness (QED) is 0.256. The lowest BCUT2D eigenvalue weighted by Gasteiger charge is -2.25. The lowest BCUT2D eigenvalue weighted by molar-refractivity contribution is 0.0978. The molecule has 0 aliphatic rings. The number of hydrogen-bond acceptors (Lipinski definition) is 7. The number of carbonyl (C=O) groups excluding carboxylic acids is 1. The molecule has 41 heavy (non-hydrogen) atoms. The second-order valence-electron chi connectivity index (χ2n) is 8.51. The molecule has 10 nitrogen and oxygen atoms in total. The van der Waals surface area contributed by atoms with E-state index >= 15 is 0 Å². The maximum absolute atomic E-state index is 14.0. The first-order chi connectivity index (χ1) is 19.4. The van der Waals surface area contributed by atoms with E-state index in [1.54, 1.807) is 24.3 Å². The summed E-state index contributed by atoms with van der Waals surface area (Å²) in [4.78, 5) is 12.4. The highest BCUT2D eigenvalue weighted by atomic mass is 35.5. The Balaban J connectivity index is 1.64. The Morgan fingerprint density at radius 2 is 1.20 bits per heavy atom. The normalized spacial score (nSPS) is 12.0. The van der Waals surface area contributed by atoms with Gasteiger partial charge in [-0.1, -0.05) is 60.1 Å². The van der Waals surface area contributed by atoms with E-state index in [4.69, 9.17) is 11.6 Å². The fourth-order valence-corrected chi connectivity index (χ4v) is 7.59. The van der Waals surface area contributed by atoms with Crippen LogP contribution >= 0.6 is 11.6 Å². The van der Waals surface area contributed by atoms with Crippen LogP contribution < -0.4 is 13.7 Å². The van der Waals surface area contributed by atoms with E-state index in [-0.39, 0.29) is 28.6 Å². The molecular formula is C27H24ClN3O7S3. The monoisotopic (exact) mass is 633 g/mol. The van der Waals surface area contributed by atoms with Crippen LogP contribution in [0.3, 0.4) is 0 Å². The first-order valence-electron chi connectivity index (χ1n) is 12.0. The molecular weight excluding hydrogens is 610 g/mol. The summed E-state index contributed by atoms with van der Waals surface area (Å²) < 4.78 is 84.1. The van der Waals surface area contributed by atoms with E-state index in [0.717, 1.165) is 4.31 Å². The highest BCUT2D eigenvalue weighted by molar-refractivity contribution is 7.93. The molecule has 14 heteroatoms. The van der Waals surface area contributed by atoms with Crippen LogP contribution in [0.25, 0.3) is 0 Å². The fourth-order valence-electron chi connectivity index (χ4n) is 3.79. The fraction of sp³-hybridized carbons (Fsp3) is 0.0741. The van der Waals surface area contributed by atoms with Crippen molar-refractivity contribution in [2.45, 2.75) is 14.7 Å². The molecule has 0 spiro atoms. The van der Waals surface area contributed by atoms with E-state index in [9.17, 15) is 30.0 Å². The zero-order chi connectivity index (χ0) is 29.7. The zero-order valence-corrected chi connectivity index (χ0v) is 24.4. The number of carbonyl (C=O) groups is 1. The predicted molar refractivity (Wildman–Crippen MR) is 155 cm³/mol. The number of rotatable bonds is 11. The van der Waals surface area contributed by atoms with Crippen molar-refractivity contribution in [2.75, 3.05) is 17.4 Å². The number of halogens is 1. The molecule has 0 unspecified atom stereocenters. The number of hydrogen-bond donors (Lipinski definition) is 2. The van der Waals surface area contributed by atoms with Gasteiger partial charge in [0.25, 0.3) is 26.0 Å². The van der Waals surface area contributed by atoms with Crippen LogP contribution in [-0.4, -0.2) is 44.3 Å². The molecule has 0 aromatic heterocycles. The standard InChI is InChI=1S/C27H24ClN3O7S3/c28-21-15-17-24(18-16-21)39(33,34)29-19-20-31(22-9-3-1-4-10-22)41(37,38)26-14-8-7-13-25(26)27(32)30-40(35,36)23-11-5-2-6-12-23/h1-18,29H,19-20H2,(H,30,32). The van der Waals surface area contributed by atoms with Crippen LogP contribution in [0.5, 0.6) is 0 Å². The Morgan fingerprint density at radius 1 is 0.659 bits per heavy atom. The third-order valence-electron chi connectivity index (χ3n) is 5.76.